The summed E-state index contributed by atoms with van der Waals surface area (Å²) < 4.78 is 27.0. The molecule has 0 spiro atoms. The summed E-state index contributed by atoms with van der Waals surface area (Å²) in [5, 5.41) is 15.8. The van der Waals surface area contributed by atoms with Crippen molar-refractivity contribution in [1.82, 2.24) is 24.7 Å². The maximum absolute atomic E-state index is 11.8. The van der Waals surface area contributed by atoms with Crippen molar-refractivity contribution >= 4 is 16.0 Å². The van der Waals surface area contributed by atoms with Crippen LogP contribution in [0.15, 0.2) is 29.6 Å². The highest BCUT2D eigenvalue weighted by Crippen LogP contribution is 2.06. The molecular weight excluding hydrogens is 274 g/mol. The number of carboxylic acids is 1. The van der Waals surface area contributed by atoms with Gasteiger partial charge >= 0.3 is 5.97 Å². The van der Waals surface area contributed by atoms with Crippen molar-refractivity contribution in [2.75, 3.05) is 0 Å². The highest BCUT2D eigenvalue weighted by molar-refractivity contribution is 7.89. The molecule has 102 valence electrons. The predicted octanol–water partition coefficient (Wildman–Crippen LogP) is -0.831. The fraction of sp³-hybridized carbons (Fsp3) is 0.222. The van der Waals surface area contributed by atoms with E-state index in [-0.39, 0.29) is 18.0 Å². The zero-order chi connectivity index (χ0) is 13.9. The van der Waals surface area contributed by atoms with Gasteiger partial charge in [-0.2, -0.15) is 0 Å². The number of nitrogens with one attached hydrogen (secondary N) is 2. The first kappa shape index (κ1) is 13.2. The third-order valence-corrected chi connectivity index (χ3v) is 3.61. The minimum atomic E-state index is -3.60. The van der Waals surface area contributed by atoms with E-state index in [2.05, 4.69) is 20.0 Å². The summed E-state index contributed by atoms with van der Waals surface area (Å²) in [6.07, 6.45) is 4.22. The molecule has 0 amide bonds. The maximum atomic E-state index is 11.8. The van der Waals surface area contributed by atoms with Gasteiger partial charge in [-0.3, -0.25) is 4.79 Å². The van der Waals surface area contributed by atoms with Crippen LogP contribution in [0.4, 0.5) is 0 Å². The van der Waals surface area contributed by atoms with Gasteiger partial charge in [0.2, 0.25) is 10.0 Å². The van der Waals surface area contributed by atoms with E-state index >= 15 is 0 Å². The molecule has 0 aliphatic carbocycles. The maximum Gasteiger partial charge on any atom is 0.325 e. The van der Waals surface area contributed by atoms with Crippen LogP contribution < -0.4 is 4.72 Å². The molecule has 0 aromatic carbocycles. The number of carboxylic acid groups (broad SMARTS) is 1. The minimum absolute atomic E-state index is 0.0624. The zero-order valence-corrected chi connectivity index (χ0v) is 10.5. The largest absolute Gasteiger partial charge is 0.480 e. The normalized spacial score (nSPS) is 11.6. The number of rotatable bonds is 6. The van der Waals surface area contributed by atoms with Gasteiger partial charge in [-0.25, -0.2) is 17.8 Å². The average Bonchev–Trinajstić information content (AvgIpc) is 2.96. The lowest BCUT2D eigenvalue weighted by Crippen LogP contribution is -2.23. The molecule has 3 N–H and O–H groups in total. The number of nitrogens with zero attached hydrogens (tertiary/aromatic N) is 3. The lowest BCUT2D eigenvalue weighted by atomic mass is 10.5. The molecule has 0 fully saturated rings. The second-order valence-electron chi connectivity index (χ2n) is 3.67. The molecule has 0 bridgehead atoms. The molecule has 19 heavy (non-hydrogen) atoms. The van der Waals surface area contributed by atoms with E-state index in [4.69, 9.17) is 5.11 Å². The Bertz CT molecular complexity index is 661. The highest BCUT2D eigenvalue weighted by Gasteiger charge is 2.14. The van der Waals surface area contributed by atoms with Crippen LogP contribution in [0.5, 0.6) is 0 Å². The SMILES string of the molecule is O=C(O)Cn1cc(CNS(=O)(=O)c2cc[nH]c2)nn1. The van der Waals surface area contributed by atoms with E-state index in [1.165, 1.54) is 24.7 Å². The van der Waals surface area contributed by atoms with E-state index in [0.717, 1.165) is 4.68 Å². The Morgan fingerprint density at radius 3 is 2.95 bits per heavy atom. The van der Waals surface area contributed by atoms with Crippen molar-refractivity contribution in [1.29, 1.82) is 0 Å². The topological polar surface area (TPSA) is 130 Å². The molecule has 9 nitrogen and oxygen atoms in total. The summed E-state index contributed by atoms with van der Waals surface area (Å²) >= 11 is 0. The molecule has 2 heterocycles. The van der Waals surface area contributed by atoms with E-state index in [0.29, 0.717) is 5.69 Å². The van der Waals surface area contributed by atoms with Crippen LogP contribution in [-0.4, -0.2) is 39.5 Å². The summed E-state index contributed by atoms with van der Waals surface area (Å²) in [5.74, 6) is -1.05. The molecule has 0 saturated heterocycles. The van der Waals surface area contributed by atoms with Gasteiger partial charge < -0.3 is 10.1 Å². The number of aromatic amines is 1. The van der Waals surface area contributed by atoms with Crippen LogP contribution in [0.2, 0.25) is 0 Å². The van der Waals surface area contributed by atoms with Gasteiger partial charge in [-0.1, -0.05) is 5.21 Å². The monoisotopic (exact) mass is 285 g/mol. The van der Waals surface area contributed by atoms with Crippen molar-refractivity contribution in [3.8, 4) is 0 Å². The predicted molar refractivity (Wildman–Crippen MR) is 62.5 cm³/mol. The van der Waals surface area contributed by atoms with Crippen molar-refractivity contribution < 1.29 is 18.3 Å². The fourth-order valence-corrected chi connectivity index (χ4v) is 2.34. The van der Waals surface area contributed by atoms with E-state index in [9.17, 15) is 13.2 Å². The molecule has 2 rings (SSSR count). The fourth-order valence-electron chi connectivity index (χ4n) is 1.36. The lowest BCUT2D eigenvalue weighted by molar-refractivity contribution is -0.137. The number of hydrogen-bond acceptors (Lipinski definition) is 5. The van der Waals surface area contributed by atoms with Gasteiger partial charge in [0.05, 0.1) is 23.3 Å². The van der Waals surface area contributed by atoms with Gasteiger partial charge in [-0.05, 0) is 6.07 Å². The third-order valence-electron chi connectivity index (χ3n) is 2.21. The molecular formula is C9H11N5O4S. The lowest BCUT2D eigenvalue weighted by Gasteiger charge is -2.01. The minimum Gasteiger partial charge on any atom is -0.480 e. The van der Waals surface area contributed by atoms with Crippen LogP contribution in [0, 0.1) is 0 Å². The van der Waals surface area contributed by atoms with Crippen molar-refractivity contribution in [3.63, 3.8) is 0 Å². The van der Waals surface area contributed by atoms with Gasteiger partial charge in [0, 0.05) is 12.4 Å². The smallest absolute Gasteiger partial charge is 0.325 e. The summed E-state index contributed by atoms with van der Waals surface area (Å²) in [5.41, 5.74) is 0.334. The first-order chi connectivity index (χ1) is 8.97. The number of carbonyl (C=O) groups is 1. The van der Waals surface area contributed by atoms with Gasteiger partial charge in [0.25, 0.3) is 0 Å². The quantitative estimate of drug-likeness (QED) is 0.635. The van der Waals surface area contributed by atoms with Crippen LogP contribution >= 0.6 is 0 Å². The van der Waals surface area contributed by atoms with Gasteiger partial charge in [0.1, 0.15) is 6.54 Å². The Kier molecular flexibility index (Phi) is 3.62. The van der Waals surface area contributed by atoms with Crippen molar-refractivity contribution in [2.24, 2.45) is 0 Å². The number of H-pyrrole nitrogens is 1. The molecule has 0 unspecified atom stereocenters. The second-order valence-corrected chi connectivity index (χ2v) is 5.44. The van der Waals surface area contributed by atoms with E-state index < -0.39 is 16.0 Å². The van der Waals surface area contributed by atoms with Gasteiger partial charge in [-0.15, -0.1) is 5.10 Å². The molecule has 0 aliphatic heterocycles. The molecule has 2 aromatic heterocycles. The number of aromatic nitrogens is 4. The zero-order valence-electron chi connectivity index (χ0n) is 9.65. The first-order valence-corrected chi connectivity index (χ1v) is 6.69. The number of sulfonamides is 1. The summed E-state index contributed by atoms with van der Waals surface area (Å²) in [4.78, 5) is 13.2. The van der Waals surface area contributed by atoms with Crippen LogP contribution in [0.3, 0.4) is 0 Å². The molecule has 0 saturated carbocycles. The molecule has 10 heteroatoms. The van der Waals surface area contributed by atoms with Crippen molar-refractivity contribution in [2.45, 2.75) is 18.0 Å². The molecule has 2 aromatic rings. The molecule has 0 atom stereocenters. The number of aliphatic carboxylic acids is 1. The highest BCUT2D eigenvalue weighted by atomic mass is 32.2. The Labute approximate surface area is 108 Å². The standard InChI is InChI=1S/C9H11N5O4S/c15-9(16)6-14-5-7(12-13-14)3-11-19(17,18)8-1-2-10-4-8/h1-2,4-5,10-11H,3,6H2,(H,15,16). The Morgan fingerprint density at radius 1 is 1.53 bits per heavy atom. The summed E-state index contributed by atoms with van der Waals surface area (Å²) in [7, 11) is -3.60. The molecule has 0 aliphatic rings. The Morgan fingerprint density at radius 2 is 2.32 bits per heavy atom. The van der Waals surface area contributed by atoms with Gasteiger partial charge in [0.15, 0.2) is 0 Å². The Balaban J connectivity index is 1.99. The molecule has 0 radical (unpaired) electrons. The number of hydrogen-bond donors (Lipinski definition) is 3. The van der Waals surface area contributed by atoms with Crippen LogP contribution in [0.25, 0.3) is 0 Å². The first-order valence-electron chi connectivity index (χ1n) is 5.20. The Hall–Kier alpha value is -2.20. The van der Waals surface area contributed by atoms with Crippen LogP contribution in [0.1, 0.15) is 5.69 Å². The second kappa shape index (κ2) is 5.20. The summed E-state index contributed by atoms with van der Waals surface area (Å²) in [6.45, 7) is -0.384. The summed E-state index contributed by atoms with van der Waals surface area (Å²) in [6, 6.07) is 1.42. The van der Waals surface area contributed by atoms with E-state index in [1.807, 2.05) is 0 Å². The third kappa shape index (κ3) is 3.39. The van der Waals surface area contributed by atoms with Crippen LogP contribution in [-0.2, 0) is 27.9 Å². The van der Waals surface area contributed by atoms with Crippen molar-refractivity contribution in [3.05, 3.63) is 30.4 Å². The average molecular weight is 285 g/mol. The van der Waals surface area contributed by atoms with E-state index in [1.54, 1.807) is 0 Å².